The number of nitrogens with one attached hydrogen (secondary N) is 1. The van der Waals surface area contributed by atoms with E-state index >= 15 is 0 Å². The molecule has 1 aliphatic carbocycles. The fourth-order valence-corrected chi connectivity index (χ4v) is 4.70. The Hall–Kier alpha value is -1.87. The molecular weight excluding hydrogens is 387 g/mol. The van der Waals surface area contributed by atoms with E-state index < -0.39 is 17.3 Å². The van der Waals surface area contributed by atoms with Crippen LogP contribution in [-0.4, -0.2) is 47.2 Å². The van der Waals surface area contributed by atoms with Crippen LogP contribution in [0.2, 0.25) is 0 Å². The summed E-state index contributed by atoms with van der Waals surface area (Å²) in [6.07, 6.45) is -0.151. The van der Waals surface area contributed by atoms with Gasteiger partial charge < -0.3 is 19.5 Å². The van der Waals surface area contributed by atoms with E-state index in [1.54, 1.807) is 4.90 Å². The number of ether oxygens (including phenoxy) is 1. The van der Waals surface area contributed by atoms with Crippen LogP contribution in [0.3, 0.4) is 0 Å². The van der Waals surface area contributed by atoms with E-state index in [0.717, 1.165) is 51.4 Å². The van der Waals surface area contributed by atoms with Crippen LogP contribution in [0.1, 0.15) is 43.4 Å². The Morgan fingerprint density at radius 3 is 2.55 bits per heavy atom. The third-order valence-electron chi connectivity index (χ3n) is 6.27. The standard InChI is InChI=1S/C20H26F3N3O3/c21-20(22,23)14-10-17-12-25(5-6-26(17)18(27)11-14)19(28)13-1-2-16(9-13)24-15-3-7-29-8-4-15/h10-11,13,15-16,24H,1-9,12H2/t13-,16+/m0/s1. The van der Waals surface area contributed by atoms with Crippen LogP contribution in [0.25, 0.3) is 0 Å². The quantitative estimate of drug-likeness (QED) is 0.825. The summed E-state index contributed by atoms with van der Waals surface area (Å²) in [4.78, 5) is 26.6. The molecule has 0 spiro atoms. The van der Waals surface area contributed by atoms with Crippen LogP contribution >= 0.6 is 0 Å². The van der Waals surface area contributed by atoms with Crippen LogP contribution in [0.5, 0.6) is 0 Å². The van der Waals surface area contributed by atoms with Crippen molar-refractivity contribution in [3.8, 4) is 0 Å². The third kappa shape index (κ3) is 4.50. The van der Waals surface area contributed by atoms with Crippen molar-refractivity contribution in [1.29, 1.82) is 0 Å². The number of hydrogen-bond acceptors (Lipinski definition) is 4. The summed E-state index contributed by atoms with van der Waals surface area (Å²) in [5, 5.41) is 3.63. The van der Waals surface area contributed by atoms with E-state index in [1.165, 1.54) is 4.57 Å². The van der Waals surface area contributed by atoms with Gasteiger partial charge in [-0.05, 0) is 38.2 Å². The summed E-state index contributed by atoms with van der Waals surface area (Å²) in [7, 11) is 0. The summed E-state index contributed by atoms with van der Waals surface area (Å²) in [5.41, 5.74) is -1.37. The van der Waals surface area contributed by atoms with E-state index in [-0.39, 0.29) is 30.6 Å². The smallest absolute Gasteiger partial charge is 0.381 e. The number of halogens is 3. The van der Waals surface area contributed by atoms with Crippen molar-refractivity contribution in [2.24, 2.45) is 5.92 Å². The average molecular weight is 413 g/mol. The summed E-state index contributed by atoms with van der Waals surface area (Å²) < 4.78 is 45.8. The first-order valence-electron chi connectivity index (χ1n) is 10.2. The van der Waals surface area contributed by atoms with Crippen LogP contribution in [0, 0.1) is 5.92 Å². The lowest BCUT2D eigenvalue weighted by Crippen LogP contribution is -2.45. The molecule has 160 valence electrons. The highest BCUT2D eigenvalue weighted by atomic mass is 19.4. The number of alkyl halides is 3. The molecule has 3 aliphatic rings. The molecule has 9 heteroatoms. The molecular formula is C20H26F3N3O3. The number of carbonyl (C=O) groups excluding carboxylic acids is 1. The zero-order valence-electron chi connectivity index (χ0n) is 16.2. The average Bonchev–Trinajstić information content (AvgIpc) is 3.15. The first-order chi connectivity index (χ1) is 13.8. The molecule has 2 atom stereocenters. The molecule has 29 heavy (non-hydrogen) atoms. The molecule has 0 bridgehead atoms. The highest BCUT2D eigenvalue weighted by molar-refractivity contribution is 5.79. The Labute approximate surface area is 167 Å². The fraction of sp³-hybridized carbons (Fsp3) is 0.700. The number of hydrogen-bond donors (Lipinski definition) is 1. The van der Waals surface area contributed by atoms with Crippen molar-refractivity contribution in [2.75, 3.05) is 19.8 Å². The van der Waals surface area contributed by atoms with Gasteiger partial charge in [-0.15, -0.1) is 0 Å². The van der Waals surface area contributed by atoms with Gasteiger partial charge in [-0.2, -0.15) is 13.2 Å². The molecule has 1 aromatic heterocycles. The minimum Gasteiger partial charge on any atom is -0.381 e. The maximum Gasteiger partial charge on any atom is 0.416 e. The molecule has 3 heterocycles. The van der Waals surface area contributed by atoms with Gasteiger partial charge in [0.25, 0.3) is 5.56 Å². The van der Waals surface area contributed by atoms with Gasteiger partial charge >= 0.3 is 6.18 Å². The Morgan fingerprint density at radius 1 is 1.07 bits per heavy atom. The second-order valence-electron chi connectivity index (χ2n) is 8.24. The predicted octanol–water partition coefficient (Wildman–Crippen LogP) is 2.15. The van der Waals surface area contributed by atoms with Gasteiger partial charge in [0.2, 0.25) is 5.91 Å². The molecule has 2 fully saturated rings. The van der Waals surface area contributed by atoms with E-state index in [4.69, 9.17) is 4.74 Å². The number of nitrogens with zero attached hydrogens (tertiary/aromatic N) is 2. The topological polar surface area (TPSA) is 63.6 Å². The minimum atomic E-state index is -4.57. The molecule has 1 saturated heterocycles. The number of rotatable bonds is 3. The molecule has 2 aliphatic heterocycles. The number of fused-ring (bicyclic) bond motifs is 1. The maximum absolute atomic E-state index is 13.0. The van der Waals surface area contributed by atoms with Crippen molar-refractivity contribution >= 4 is 5.91 Å². The van der Waals surface area contributed by atoms with Crippen molar-refractivity contribution in [1.82, 2.24) is 14.8 Å². The van der Waals surface area contributed by atoms with Crippen molar-refractivity contribution in [3.63, 3.8) is 0 Å². The molecule has 4 rings (SSSR count). The molecule has 1 N–H and O–H groups in total. The number of aromatic nitrogens is 1. The zero-order valence-corrected chi connectivity index (χ0v) is 16.2. The van der Waals surface area contributed by atoms with E-state index in [2.05, 4.69) is 5.32 Å². The van der Waals surface area contributed by atoms with Gasteiger partial charge in [-0.1, -0.05) is 0 Å². The van der Waals surface area contributed by atoms with Gasteiger partial charge in [-0.3, -0.25) is 9.59 Å². The molecule has 1 amide bonds. The molecule has 1 aromatic rings. The number of amides is 1. The van der Waals surface area contributed by atoms with Crippen LogP contribution in [0.4, 0.5) is 13.2 Å². The van der Waals surface area contributed by atoms with Crippen molar-refractivity contribution in [3.05, 3.63) is 33.7 Å². The largest absolute Gasteiger partial charge is 0.416 e. The summed E-state index contributed by atoms with van der Waals surface area (Å²) >= 11 is 0. The Morgan fingerprint density at radius 2 is 1.83 bits per heavy atom. The second-order valence-corrected chi connectivity index (χ2v) is 8.24. The van der Waals surface area contributed by atoms with Crippen molar-refractivity contribution < 1.29 is 22.7 Å². The maximum atomic E-state index is 13.0. The van der Waals surface area contributed by atoms with Gasteiger partial charge in [0.05, 0.1) is 12.1 Å². The first kappa shape index (κ1) is 20.4. The molecule has 6 nitrogen and oxygen atoms in total. The Kier molecular flexibility index (Phi) is 5.70. The Bertz CT molecular complexity index is 817. The molecule has 0 aromatic carbocycles. The normalized spacial score (nSPS) is 25.8. The van der Waals surface area contributed by atoms with E-state index in [0.29, 0.717) is 24.7 Å². The zero-order chi connectivity index (χ0) is 20.6. The lowest BCUT2D eigenvalue weighted by Gasteiger charge is -2.32. The first-order valence-corrected chi connectivity index (χ1v) is 10.2. The molecule has 0 radical (unpaired) electrons. The Balaban J connectivity index is 1.39. The van der Waals surface area contributed by atoms with Crippen LogP contribution in [0.15, 0.2) is 16.9 Å². The second kappa shape index (κ2) is 8.10. The van der Waals surface area contributed by atoms with Gasteiger partial charge in [0.1, 0.15) is 0 Å². The summed E-state index contributed by atoms with van der Waals surface area (Å²) in [6.45, 7) is 2.16. The SMILES string of the molecule is O=C([C@H]1CC[C@@H](NC2CCOCC2)C1)N1CCn2c(cc(C(F)(F)F)cc2=O)C1. The number of pyridine rings is 1. The van der Waals surface area contributed by atoms with Gasteiger partial charge in [0, 0.05) is 56.1 Å². The predicted molar refractivity (Wildman–Crippen MR) is 99.2 cm³/mol. The third-order valence-corrected chi connectivity index (χ3v) is 6.27. The fourth-order valence-electron chi connectivity index (χ4n) is 4.70. The number of carbonyl (C=O) groups is 1. The highest BCUT2D eigenvalue weighted by Gasteiger charge is 2.36. The van der Waals surface area contributed by atoms with Gasteiger partial charge in [-0.25, -0.2) is 0 Å². The minimum absolute atomic E-state index is 0.0163. The van der Waals surface area contributed by atoms with Gasteiger partial charge in [0.15, 0.2) is 0 Å². The molecule has 1 saturated carbocycles. The van der Waals surface area contributed by atoms with E-state index in [1.807, 2.05) is 0 Å². The van der Waals surface area contributed by atoms with Crippen LogP contribution < -0.4 is 10.9 Å². The molecule has 0 unspecified atom stereocenters. The highest BCUT2D eigenvalue weighted by Crippen LogP contribution is 2.31. The summed E-state index contributed by atoms with van der Waals surface area (Å²) in [6, 6.07) is 2.34. The van der Waals surface area contributed by atoms with Crippen molar-refractivity contribution in [2.45, 2.75) is 63.5 Å². The van der Waals surface area contributed by atoms with E-state index in [9.17, 15) is 22.8 Å². The monoisotopic (exact) mass is 413 g/mol. The van der Waals surface area contributed by atoms with Crippen LogP contribution in [-0.2, 0) is 28.8 Å². The lowest BCUT2D eigenvalue weighted by molar-refractivity contribution is -0.138. The summed E-state index contributed by atoms with van der Waals surface area (Å²) in [5.74, 6) is -0.131. The lowest BCUT2D eigenvalue weighted by atomic mass is 10.0.